The van der Waals surface area contributed by atoms with Gasteiger partial charge in [-0.25, -0.2) is 0 Å². The smallest absolute Gasteiger partial charge is 0.289 e. The molecule has 1 aliphatic heterocycles. The zero-order chi connectivity index (χ0) is 17.2. The number of furan rings is 1. The van der Waals surface area contributed by atoms with Gasteiger partial charge in [0.05, 0.1) is 5.02 Å². The highest BCUT2D eigenvalue weighted by molar-refractivity contribution is 6.33. The molecule has 0 spiro atoms. The molecule has 1 fully saturated rings. The van der Waals surface area contributed by atoms with Gasteiger partial charge in [-0.05, 0) is 37.1 Å². The van der Waals surface area contributed by atoms with E-state index in [0.29, 0.717) is 35.5 Å². The predicted molar refractivity (Wildman–Crippen MR) is 91.2 cm³/mol. The van der Waals surface area contributed by atoms with Crippen molar-refractivity contribution in [2.75, 3.05) is 13.1 Å². The number of carbonyl (C=O) groups excluding carboxylic acids is 1. The fourth-order valence-corrected chi connectivity index (χ4v) is 3.36. The summed E-state index contributed by atoms with van der Waals surface area (Å²) >= 11 is 6.19. The largest absolute Gasteiger partial charge is 0.451 e. The van der Waals surface area contributed by atoms with Crippen LogP contribution in [0.15, 0.2) is 40.8 Å². The molecular weight excluding hydrogens is 342 g/mol. The van der Waals surface area contributed by atoms with Gasteiger partial charge in [-0.3, -0.25) is 4.79 Å². The first-order chi connectivity index (χ1) is 12.2. The molecule has 3 heterocycles. The zero-order valence-corrected chi connectivity index (χ0v) is 14.1. The number of nitrogens with zero attached hydrogens (tertiary/aromatic N) is 4. The molecule has 0 radical (unpaired) electrons. The SMILES string of the molecule is O=C(c1ccc(-c2ccccc2Cl)o1)N1CCCC(c2nn[nH]n2)C1. The molecule has 8 heteroatoms. The van der Waals surface area contributed by atoms with Crippen molar-refractivity contribution in [1.29, 1.82) is 0 Å². The standard InChI is InChI=1S/C17H16ClN5O2/c18-13-6-2-1-5-12(13)14-7-8-15(25-14)17(24)23-9-3-4-11(10-23)16-19-21-22-20-16/h1-2,5-8,11H,3-4,9-10H2,(H,19,20,21,22). The van der Waals surface area contributed by atoms with Crippen LogP contribution in [0.2, 0.25) is 5.02 Å². The van der Waals surface area contributed by atoms with Gasteiger partial charge < -0.3 is 9.32 Å². The third-order valence-electron chi connectivity index (χ3n) is 4.39. The fraction of sp³-hybridized carbons (Fsp3) is 0.294. The number of aromatic amines is 1. The summed E-state index contributed by atoms with van der Waals surface area (Å²) in [5.74, 6) is 1.50. The summed E-state index contributed by atoms with van der Waals surface area (Å²) in [4.78, 5) is 14.6. The molecule has 7 nitrogen and oxygen atoms in total. The van der Waals surface area contributed by atoms with Gasteiger partial charge in [0.2, 0.25) is 0 Å². The first-order valence-corrected chi connectivity index (χ1v) is 8.47. The van der Waals surface area contributed by atoms with Crippen LogP contribution in [0.3, 0.4) is 0 Å². The maximum atomic E-state index is 12.8. The second kappa shape index (κ2) is 6.68. The van der Waals surface area contributed by atoms with E-state index in [1.165, 1.54) is 0 Å². The number of amides is 1. The Bertz CT molecular complexity index is 877. The van der Waals surface area contributed by atoms with Gasteiger partial charge in [0.15, 0.2) is 11.6 Å². The van der Waals surface area contributed by atoms with E-state index < -0.39 is 0 Å². The van der Waals surface area contributed by atoms with Crippen molar-refractivity contribution in [3.63, 3.8) is 0 Å². The van der Waals surface area contributed by atoms with Gasteiger partial charge in [-0.1, -0.05) is 28.9 Å². The lowest BCUT2D eigenvalue weighted by Crippen LogP contribution is -2.39. The number of H-pyrrole nitrogens is 1. The number of hydrogen-bond acceptors (Lipinski definition) is 5. The number of aromatic nitrogens is 4. The molecule has 1 atom stereocenters. The molecule has 1 aromatic carbocycles. The Labute approximate surface area is 149 Å². The third-order valence-corrected chi connectivity index (χ3v) is 4.72. The minimum absolute atomic E-state index is 0.0921. The van der Waals surface area contributed by atoms with Crippen LogP contribution < -0.4 is 0 Å². The Hall–Kier alpha value is -2.67. The molecule has 1 unspecified atom stereocenters. The molecule has 1 N–H and O–H groups in total. The summed E-state index contributed by atoms with van der Waals surface area (Å²) in [5.41, 5.74) is 0.770. The number of tetrazole rings is 1. The van der Waals surface area contributed by atoms with Crippen molar-refractivity contribution in [2.45, 2.75) is 18.8 Å². The number of nitrogens with one attached hydrogen (secondary N) is 1. The highest BCUT2D eigenvalue weighted by Gasteiger charge is 2.29. The second-order valence-corrected chi connectivity index (χ2v) is 6.41. The maximum Gasteiger partial charge on any atom is 0.289 e. The van der Waals surface area contributed by atoms with Crippen molar-refractivity contribution in [3.8, 4) is 11.3 Å². The van der Waals surface area contributed by atoms with Crippen molar-refractivity contribution < 1.29 is 9.21 Å². The normalized spacial score (nSPS) is 17.6. The number of likely N-dealkylation sites (tertiary alicyclic amines) is 1. The number of halogens is 1. The van der Waals surface area contributed by atoms with E-state index in [2.05, 4.69) is 20.6 Å². The first-order valence-electron chi connectivity index (χ1n) is 8.10. The minimum Gasteiger partial charge on any atom is -0.451 e. The van der Waals surface area contributed by atoms with E-state index in [4.69, 9.17) is 16.0 Å². The van der Waals surface area contributed by atoms with Crippen molar-refractivity contribution in [1.82, 2.24) is 25.5 Å². The van der Waals surface area contributed by atoms with E-state index in [-0.39, 0.29) is 11.8 Å². The van der Waals surface area contributed by atoms with Crippen LogP contribution in [-0.2, 0) is 0 Å². The number of hydrogen-bond donors (Lipinski definition) is 1. The summed E-state index contributed by atoms with van der Waals surface area (Å²) in [6.45, 7) is 1.25. The van der Waals surface area contributed by atoms with E-state index in [9.17, 15) is 4.79 Å². The van der Waals surface area contributed by atoms with Gasteiger partial charge in [0.1, 0.15) is 5.76 Å². The zero-order valence-electron chi connectivity index (χ0n) is 13.4. The van der Waals surface area contributed by atoms with Crippen molar-refractivity contribution in [3.05, 3.63) is 53.0 Å². The molecular formula is C17H16ClN5O2. The Balaban J connectivity index is 1.52. The minimum atomic E-state index is -0.133. The van der Waals surface area contributed by atoms with E-state index >= 15 is 0 Å². The van der Waals surface area contributed by atoms with Gasteiger partial charge in [-0.15, -0.1) is 10.2 Å². The molecule has 3 aromatic rings. The molecule has 4 rings (SSSR count). The number of rotatable bonds is 3. The van der Waals surface area contributed by atoms with Crippen LogP contribution in [-0.4, -0.2) is 44.5 Å². The monoisotopic (exact) mass is 357 g/mol. The van der Waals surface area contributed by atoms with E-state index in [1.807, 2.05) is 18.2 Å². The van der Waals surface area contributed by atoms with Crippen LogP contribution in [0.4, 0.5) is 0 Å². The highest BCUT2D eigenvalue weighted by Crippen LogP contribution is 2.30. The molecule has 0 saturated carbocycles. The summed E-state index contributed by atoms with van der Waals surface area (Å²) in [6.07, 6.45) is 1.83. The average Bonchev–Trinajstić information content (AvgIpc) is 3.34. The first kappa shape index (κ1) is 15.8. The van der Waals surface area contributed by atoms with Gasteiger partial charge >= 0.3 is 0 Å². The van der Waals surface area contributed by atoms with Crippen LogP contribution in [0.5, 0.6) is 0 Å². The molecule has 128 valence electrons. The molecule has 1 amide bonds. The predicted octanol–water partition coefficient (Wildman–Crippen LogP) is 3.13. The molecule has 1 saturated heterocycles. The van der Waals surface area contributed by atoms with E-state index in [1.54, 1.807) is 23.1 Å². The van der Waals surface area contributed by atoms with Crippen LogP contribution >= 0.6 is 11.6 Å². The molecule has 2 aromatic heterocycles. The number of piperidine rings is 1. The Morgan fingerprint density at radius 3 is 2.96 bits per heavy atom. The highest BCUT2D eigenvalue weighted by atomic mass is 35.5. The summed E-state index contributed by atoms with van der Waals surface area (Å²) < 4.78 is 5.77. The van der Waals surface area contributed by atoms with Crippen LogP contribution in [0.1, 0.15) is 35.1 Å². The lowest BCUT2D eigenvalue weighted by atomic mass is 9.97. The lowest BCUT2D eigenvalue weighted by molar-refractivity contribution is 0.0673. The third kappa shape index (κ3) is 3.15. The van der Waals surface area contributed by atoms with E-state index in [0.717, 1.165) is 18.4 Å². The van der Waals surface area contributed by atoms with Crippen LogP contribution in [0, 0.1) is 0 Å². The Kier molecular flexibility index (Phi) is 4.23. The topological polar surface area (TPSA) is 87.9 Å². The second-order valence-electron chi connectivity index (χ2n) is 6.00. The Morgan fingerprint density at radius 1 is 1.28 bits per heavy atom. The number of benzene rings is 1. The summed E-state index contributed by atoms with van der Waals surface area (Å²) in [6, 6.07) is 10.9. The van der Waals surface area contributed by atoms with Crippen LogP contribution in [0.25, 0.3) is 11.3 Å². The molecule has 0 aliphatic carbocycles. The fourth-order valence-electron chi connectivity index (χ4n) is 3.13. The number of carbonyl (C=O) groups is 1. The quantitative estimate of drug-likeness (QED) is 0.778. The van der Waals surface area contributed by atoms with Gasteiger partial charge in [-0.2, -0.15) is 5.21 Å². The van der Waals surface area contributed by atoms with Crippen molar-refractivity contribution >= 4 is 17.5 Å². The maximum absolute atomic E-state index is 12.8. The molecule has 1 aliphatic rings. The lowest BCUT2D eigenvalue weighted by Gasteiger charge is -2.30. The summed E-state index contributed by atoms with van der Waals surface area (Å²) in [7, 11) is 0. The molecule has 0 bridgehead atoms. The molecule has 25 heavy (non-hydrogen) atoms. The summed E-state index contributed by atoms with van der Waals surface area (Å²) in [5, 5.41) is 14.7. The van der Waals surface area contributed by atoms with Crippen molar-refractivity contribution in [2.24, 2.45) is 0 Å². The average molecular weight is 358 g/mol. The van der Waals surface area contributed by atoms with Gasteiger partial charge in [0.25, 0.3) is 5.91 Å². The Morgan fingerprint density at radius 2 is 2.16 bits per heavy atom. The van der Waals surface area contributed by atoms with Gasteiger partial charge in [0, 0.05) is 24.6 Å².